The van der Waals surface area contributed by atoms with Crippen LogP contribution in [-0.2, 0) is 7.05 Å². The van der Waals surface area contributed by atoms with Crippen molar-refractivity contribution in [1.29, 1.82) is 0 Å². The van der Waals surface area contributed by atoms with Crippen LogP contribution in [0.3, 0.4) is 0 Å². The van der Waals surface area contributed by atoms with Crippen LogP contribution in [0.15, 0.2) is 0 Å². The quantitative estimate of drug-likeness (QED) is 0.904. The molecule has 0 bridgehead atoms. The minimum Gasteiger partial charge on any atom is -0.330 e. The standard InChI is InChI=1S/C15H28N4/c1-11-7-5-6-8-19(11)10-14(9-16)15-12(2)17-18(4)13(15)3/h11,14H,5-10,16H2,1-4H3. The Morgan fingerprint density at radius 2 is 2.11 bits per heavy atom. The van der Waals surface area contributed by atoms with Crippen LogP contribution in [-0.4, -0.2) is 40.4 Å². The second kappa shape index (κ2) is 6.06. The number of aryl methyl sites for hydroxylation is 2. The third-order valence-corrected chi connectivity index (χ3v) is 4.65. The molecule has 0 spiro atoms. The Balaban J connectivity index is 2.15. The van der Waals surface area contributed by atoms with Crippen LogP contribution >= 0.6 is 0 Å². The lowest BCUT2D eigenvalue weighted by molar-refractivity contribution is 0.151. The first-order valence-corrected chi connectivity index (χ1v) is 7.48. The minimum absolute atomic E-state index is 0.411. The van der Waals surface area contributed by atoms with Gasteiger partial charge in [0.05, 0.1) is 5.69 Å². The zero-order valence-corrected chi connectivity index (χ0v) is 12.8. The van der Waals surface area contributed by atoms with Gasteiger partial charge in [-0.3, -0.25) is 4.68 Å². The van der Waals surface area contributed by atoms with Gasteiger partial charge >= 0.3 is 0 Å². The van der Waals surface area contributed by atoms with E-state index in [1.54, 1.807) is 0 Å². The lowest BCUT2D eigenvalue weighted by Crippen LogP contribution is -2.41. The highest BCUT2D eigenvalue weighted by atomic mass is 15.3. The highest BCUT2D eigenvalue weighted by Gasteiger charge is 2.25. The summed E-state index contributed by atoms with van der Waals surface area (Å²) in [7, 11) is 2.02. The largest absolute Gasteiger partial charge is 0.330 e. The van der Waals surface area contributed by atoms with E-state index >= 15 is 0 Å². The molecule has 1 aromatic heterocycles. The number of piperidine rings is 1. The van der Waals surface area contributed by atoms with E-state index in [1.165, 1.54) is 37.1 Å². The molecule has 2 N–H and O–H groups in total. The fourth-order valence-corrected chi connectivity index (χ4v) is 3.38. The zero-order chi connectivity index (χ0) is 14.0. The van der Waals surface area contributed by atoms with Gasteiger partial charge in [-0.25, -0.2) is 0 Å². The average molecular weight is 264 g/mol. The summed E-state index contributed by atoms with van der Waals surface area (Å²) in [6.07, 6.45) is 4.02. The van der Waals surface area contributed by atoms with Crippen molar-refractivity contribution in [3.8, 4) is 0 Å². The molecule has 1 fully saturated rings. The van der Waals surface area contributed by atoms with Crippen molar-refractivity contribution in [2.45, 2.75) is 52.0 Å². The van der Waals surface area contributed by atoms with Gasteiger partial charge in [0.25, 0.3) is 0 Å². The fourth-order valence-electron chi connectivity index (χ4n) is 3.38. The summed E-state index contributed by atoms with van der Waals surface area (Å²) in [5, 5.41) is 4.53. The molecule has 19 heavy (non-hydrogen) atoms. The maximum atomic E-state index is 6.05. The van der Waals surface area contributed by atoms with Crippen LogP contribution in [0.25, 0.3) is 0 Å². The smallest absolute Gasteiger partial charge is 0.0632 e. The summed E-state index contributed by atoms with van der Waals surface area (Å²) >= 11 is 0. The summed E-state index contributed by atoms with van der Waals surface area (Å²) in [4.78, 5) is 2.60. The van der Waals surface area contributed by atoms with Gasteiger partial charge < -0.3 is 10.6 Å². The van der Waals surface area contributed by atoms with Gasteiger partial charge in [-0.2, -0.15) is 5.10 Å². The maximum Gasteiger partial charge on any atom is 0.0632 e. The predicted octanol–water partition coefficient (Wildman–Crippen LogP) is 1.95. The molecule has 0 amide bonds. The second-order valence-corrected chi connectivity index (χ2v) is 5.98. The Morgan fingerprint density at radius 1 is 1.37 bits per heavy atom. The molecule has 1 saturated heterocycles. The number of likely N-dealkylation sites (tertiary alicyclic amines) is 1. The van der Waals surface area contributed by atoms with Gasteiger partial charge in [0.1, 0.15) is 0 Å². The van der Waals surface area contributed by atoms with E-state index in [9.17, 15) is 0 Å². The number of aromatic nitrogens is 2. The van der Waals surface area contributed by atoms with E-state index in [1.807, 2.05) is 11.7 Å². The van der Waals surface area contributed by atoms with Crippen LogP contribution in [0.2, 0.25) is 0 Å². The van der Waals surface area contributed by atoms with Crippen LogP contribution in [0.5, 0.6) is 0 Å². The third-order valence-electron chi connectivity index (χ3n) is 4.65. The van der Waals surface area contributed by atoms with Crippen molar-refractivity contribution < 1.29 is 0 Å². The Morgan fingerprint density at radius 3 is 2.63 bits per heavy atom. The van der Waals surface area contributed by atoms with Gasteiger partial charge in [-0.1, -0.05) is 6.42 Å². The van der Waals surface area contributed by atoms with E-state index < -0.39 is 0 Å². The molecule has 2 rings (SSSR count). The van der Waals surface area contributed by atoms with E-state index in [4.69, 9.17) is 5.73 Å². The normalized spacial score (nSPS) is 22.7. The Kier molecular flexibility index (Phi) is 4.63. The first-order valence-electron chi connectivity index (χ1n) is 7.48. The molecule has 0 aliphatic carbocycles. The molecule has 1 aliphatic rings. The van der Waals surface area contributed by atoms with Crippen LogP contribution in [0.4, 0.5) is 0 Å². The average Bonchev–Trinajstić information content (AvgIpc) is 2.63. The Labute approximate surface area is 117 Å². The van der Waals surface area contributed by atoms with Gasteiger partial charge in [-0.05, 0) is 40.2 Å². The molecular formula is C15H28N4. The van der Waals surface area contributed by atoms with Gasteiger partial charge in [0.15, 0.2) is 0 Å². The molecule has 1 aliphatic heterocycles. The highest BCUT2D eigenvalue weighted by molar-refractivity contribution is 5.29. The molecule has 2 heterocycles. The van der Waals surface area contributed by atoms with Crippen LogP contribution in [0.1, 0.15) is 49.1 Å². The fraction of sp³-hybridized carbons (Fsp3) is 0.800. The van der Waals surface area contributed by atoms with Crippen molar-refractivity contribution >= 4 is 0 Å². The van der Waals surface area contributed by atoms with E-state index in [0.29, 0.717) is 18.5 Å². The molecule has 1 aromatic rings. The lowest BCUT2D eigenvalue weighted by Gasteiger charge is -2.35. The molecule has 4 nitrogen and oxygen atoms in total. The molecule has 4 heteroatoms. The first-order chi connectivity index (χ1) is 9.04. The molecule has 2 unspecified atom stereocenters. The van der Waals surface area contributed by atoms with Crippen molar-refractivity contribution in [2.24, 2.45) is 12.8 Å². The molecule has 108 valence electrons. The maximum absolute atomic E-state index is 6.05. The summed E-state index contributed by atoms with van der Waals surface area (Å²) in [6.45, 7) is 9.59. The van der Waals surface area contributed by atoms with Gasteiger partial charge in [0.2, 0.25) is 0 Å². The van der Waals surface area contributed by atoms with E-state index in [2.05, 4.69) is 30.8 Å². The SMILES string of the molecule is Cc1nn(C)c(C)c1C(CN)CN1CCCCC1C. The number of nitrogens with zero attached hydrogens (tertiary/aromatic N) is 3. The predicted molar refractivity (Wildman–Crippen MR) is 79.4 cm³/mol. The van der Waals surface area contributed by atoms with Crippen molar-refractivity contribution in [1.82, 2.24) is 14.7 Å². The molecule has 0 radical (unpaired) electrons. The van der Waals surface area contributed by atoms with E-state index in [-0.39, 0.29) is 0 Å². The van der Waals surface area contributed by atoms with Crippen molar-refractivity contribution in [3.63, 3.8) is 0 Å². The monoisotopic (exact) mass is 264 g/mol. The number of rotatable bonds is 4. The van der Waals surface area contributed by atoms with Crippen LogP contribution in [0, 0.1) is 13.8 Å². The Hall–Kier alpha value is -0.870. The Bertz CT molecular complexity index is 424. The molecule has 0 saturated carbocycles. The second-order valence-electron chi connectivity index (χ2n) is 5.98. The van der Waals surface area contributed by atoms with Crippen molar-refractivity contribution in [3.05, 3.63) is 17.0 Å². The first kappa shape index (κ1) is 14.5. The minimum atomic E-state index is 0.411. The number of hydrogen-bond donors (Lipinski definition) is 1. The summed E-state index contributed by atoms with van der Waals surface area (Å²) in [5.74, 6) is 0.411. The van der Waals surface area contributed by atoms with Gasteiger partial charge in [0, 0.05) is 43.4 Å². The van der Waals surface area contributed by atoms with Gasteiger partial charge in [-0.15, -0.1) is 0 Å². The van der Waals surface area contributed by atoms with Crippen LogP contribution < -0.4 is 5.73 Å². The highest BCUT2D eigenvalue weighted by Crippen LogP contribution is 2.26. The number of hydrogen-bond acceptors (Lipinski definition) is 3. The topological polar surface area (TPSA) is 47.1 Å². The summed E-state index contributed by atoms with van der Waals surface area (Å²) in [6, 6.07) is 0.695. The molecule has 0 aromatic carbocycles. The molecular weight excluding hydrogens is 236 g/mol. The summed E-state index contributed by atoms with van der Waals surface area (Å²) in [5.41, 5.74) is 9.82. The lowest BCUT2D eigenvalue weighted by atomic mass is 9.94. The number of nitrogens with two attached hydrogens (primary N) is 1. The third kappa shape index (κ3) is 3.00. The van der Waals surface area contributed by atoms with Crippen molar-refractivity contribution in [2.75, 3.05) is 19.6 Å². The summed E-state index contributed by atoms with van der Waals surface area (Å²) < 4.78 is 1.98. The molecule has 2 atom stereocenters. The zero-order valence-electron chi connectivity index (χ0n) is 12.8. The van der Waals surface area contributed by atoms with E-state index in [0.717, 1.165) is 12.2 Å².